The summed E-state index contributed by atoms with van der Waals surface area (Å²) < 4.78 is 2.08. The summed E-state index contributed by atoms with van der Waals surface area (Å²) in [5, 5.41) is 2.95. The molecule has 5 nitrogen and oxygen atoms in total. The van der Waals surface area contributed by atoms with Crippen molar-refractivity contribution in [2.45, 2.75) is 6.92 Å². The van der Waals surface area contributed by atoms with Crippen molar-refractivity contribution in [3.63, 3.8) is 0 Å². The lowest BCUT2D eigenvalue weighted by molar-refractivity contribution is 0.886. The Morgan fingerprint density at radius 3 is 2.79 bits per heavy atom. The highest BCUT2D eigenvalue weighted by atomic mass is 15.1. The standard InChI is InChI=1S/C14H15N5/c1-9-17-12-8-10(4-5-13(12)19(9)3)11-6-7-16-14(15-2)18-11/h4-8H,1-3H3,(H,15,16,18). The minimum absolute atomic E-state index is 0.620. The number of aromatic nitrogens is 4. The molecule has 2 heterocycles. The molecule has 0 aliphatic heterocycles. The lowest BCUT2D eigenvalue weighted by Gasteiger charge is -2.03. The highest BCUT2D eigenvalue weighted by Crippen LogP contribution is 2.23. The van der Waals surface area contributed by atoms with E-state index < -0.39 is 0 Å². The molecule has 2 aromatic heterocycles. The van der Waals surface area contributed by atoms with Crippen LogP contribution in [0, 0.1) is 6.92 Å². The van der Waals surface area contributed by atoms with Gasteiger partial charge in [0.15, 0.2) is 0 Å². The molecule has 0 aliphatic carbocycles. The zero-order chi connectivity index (χ0) is 13.4. The number of hydrogen-bond acceptors (Lipinski definition) is 4. The predicted octanol–water partition coefficient (Wildman–Crippen LogP) is 2.38. The van der Waals surface area contributed by atoms with Gasteiger partial charge in [0.05, 0.1) is 16.7 Å². The summed E-state index contributed by atoms with van der Waals surface area (Å²) in [6, 6.07) is 8.10. The molecule has 0 amide bonds. The average Bonchev–Trinajstić information content (AvgIpc) is 2.73. The van der Waals surface area contributed by atoms with Gasteiger partial charge in [0, 0.05) is 25.9 Å². The fourth-order valence-corrected chi connectivity index (χ4v) is 2.12. The van der Waals surface area contributed by atoms with Crippen molar-refractivity contribution < 1.29 is 0 Å². The minimum atomic E-state index is 0.620. The minimum Gasteiger partial charge on any atom is -0.357 e. The average molecular weight is 253 g/mol. The summed E-state index contributed by atoms with van der Waals surface area (Å²) >= 11 is 0. The van der Waals surface area contributed by atoms with E-state index in [4.69, 9.17) is 0 Å². The highest BCUT2D eigenvalue weighted by Gasteiger charge is 2.07. The first-order valence-electron chi connectivity index (χ1n) is 6.13. The zero-order valence-corrected chi connectivity index (χ0v) is 11.2. The van der Waals surface area contributed by atoms with E-state index in [1.54, 1.807) is 6.20 Å². The van der Waals surface area contributed by atoms with E-state index in [1.165, 1.54) is 0 Å². The molecular formula is C14H15N5. The fraction of sp³-hybridized carbons (Fsp3) is 0.214. The maximum atomic E-state index is 4.55. The normalized spacial score (nSPS) is 10.9. The third kappa shape index (κ3) is 1.93. The van der Waals surface area contributed by atoms with Gasteiger partial charge in [-0.05, 0) is 25.1 Å². The van der Waals surface area contributed by atoms with Gasteiger partial charge in [-0.1, -0.05) is 6.07 Å². The summed E-state index contributed by atoms with van der Waals surface area (Å²) in [6.45, 7) is 2.00. The third-order valence-corrected chi connectivity index (χ3v) is 3.28. The second kappa shape index (κ2) is 4.35. The molecule has 3 rings (SSSR count). The molecule has 0 unspecified atom stereocenters. The van der Waals surface area contributed by atoms with Crippen molar-refractivity contribution in [1.29, 1.82) is 0 Å². The first-order valence-corrected chi connectivity index (χ1v) is 6.13. The van der Waals surface area contributed by atoms with Gasteiger partial charge in [0.1, 0.15) is 5.82 Å². The Morgan fingerprint density at radius 1 is 1.16 bits per heavy atom. The van der Waals surface area contributed by atoms with Crippen molar-refractivity contribution in [3.05, 3.63) is 36.3 Å². The van der Waals surface area contributed by atoms with E-state index in [0.717, 1.165) is 28.1 Å². The van der Waals surface area contributed by atoms with E-state index in [2.05, 4.69) is 43.0 Å². The molecule has 1 aromatic carbocycles. The van der Waals surface area contributed by atoms with Crippen LogP contribution in [-0.4, -0.2) is 26.6 Å². The van der Waals surface area contributed by atoms with Crippen molar-refractivity contribution in [3.8, 4) is 11.3 Å². The lowest BCUT2D eigenvalue weighted by Crippen LogP contribution is -1.96. The Labute approximate surface area is 111 Å². The van der Waals surface area contributed by atoms with E-state index >= 15 is 0 Å². The second-order valence-corrected chi connectivity index (χ2v) is 4.44. The van der Waals surface area contributed by atoms with E-state index in [1.807, 2.05) is 27.1 Å². The second-order valence-electron chi connectivity index (χ2n) is 4.44. The number of nitrogens with zero attached hydrogens (tertiary/aromatic N) is 4. The van der Waals surface area contributed by atoms with Gasteiger partial charge in [0.2, 0.25) is 5.95 Å². The zero-order valence-electron chi connectivity index (χ0n) is 11.2. The predicted molar refractivity (Wildman–Crippen MR) is 76.0 cm³/mol. The number of hydrogen-bond donors (Lipinski definition) is 1. The molecule has 5 heteroatoms. The molecular weight excluding hydrogens is 238 g/mol. The van der Waals surface area contributed by atoms with Crippen molar-refractivity contribution >= 4 is 17.0 Å². The topological polar surface area (TPSA) is 55.6 Å². The van der Waals surface area contributed by atoms with Crippen LogP contribution in [0.3, 0.4) is 0 Å². The summed E-state index contributed by atoms with van der Waals surface area (Å²) in [7, 11) is 3.83. The first-order chi connectivity index (χ1) is 9.19. The van der Waals surface area contributed by atoms with Gasteiger partial charge in [-0.15, -0.1) is 0 Å². The van der Waals surface area contributed by atoms with Crippen molar-refractivity contribution in [2.24, 2.45) is 7.05 Å². The molecule has 1 N–H and O–H groups in total. The summed E-state index contributed by atoms with van der Waals surface area (Å²) in [4.78, 5) is 13.1. The maximum absolute atomic E-state index is 4.55. The molecule has 0 aliphatic rings. The Hall–Kier alpha value is -2.43. The van der Waals surface area contributed by atoms with E-state index in [9.17, 15) is 0 Å². The van der Waals surface area contributed by atoms with Gasteiger partial charge in [-0.3, -0.25) is 0 Å². The summed E-state index contributed by atoms with van der Waals surface area (Å²) in [6.07, 6.45) is 1.75. The molecule has 0 fully saturated rings. The number of benzene rings is 1. The molecule has 3 aromatic rings. The number of fused-ring (bicyclic) bond motifs is 1. The Morgan fingerprint density at radius 2 is 2.00 bits per heavy atom. The summed E-state index contributed by atoms with van der Waals surface area (Å²) in [5.74, 6) is 1.63. The van der Waals surface area contributed by atoms with Crippen LogP contribution < -0.4 is 5.32 Å². The van der Waals surface area contributed by atoms with Crippen molar-refractivity contribution in [2.75, 3.05) is 12.4 Å². The van der Waals surface area contributed by atoms with Gasteiger partial charge < -0.3 is 9.88 Å². The van der Waals surface area contributed by atoms with Crippen LogP contribution in [0.4, 0.5) is 5.95 Å². The number of aryl methyl sites for hydroxylation is 2. The highest BCUT2D eigenvalue weighted by molar-refractivity contribution is 5.81. The van der Waals surface area contributed by atoms with E-state index in [0.29, 0.717) is 5.95 Å². The molecule has 0 saturated carbocycles. The lowest BCUT2D eigenvalue weighted by atomic mass is 10.1. The first kappa shape index (κ1) is 11.6. The Bertz CT molecular complexity index is 745. The fourth-order valence-electron chi connectivity index (χ4n) is 2.12. The van der Waals surface area contributed by atoms with Gasteiger partial charge in [-0.25, -0.2) is 15.0 Å². The van der Waals surface area contributed by atoms with Crippen LogP contribution in [-0.2, 0) is 7.05 Å². The Kier molecular flexibility index (Phi) is 2.67. The number of nitrogens with one attached hydrogen (secondary N) is 1. The molecule has 0 bridgehead atoms. The van der Waals surface area contributed by atoms with E-state index in [-0.39, 0.29) is 0 Å². The molecule has 0 spiro atoms. The van der Waals surface area contributed by atoms with Gasteiger partial charge >= 0.3 is 0 Å². The van der Waals surface area contributed by atoms with Crippen molar-refractivity contribution in [1.82, 2.24) is 19.5 Å². The van der Waals surface area contributed by atoms with Crippen LogP contribution >= 0.6 is 0 Å². The third-order valence-electron chi connectivity index (χ3n) is 3.28. The Balaban J connectivity index is 2.14. The molecule has 19 heavy (non-hydrogen) atoms. The van der Waals surface area contributed by atoms with Crippen LogP contribution in [0.25, 0.3) is 22.3 Å². The number of imidazole rings is 1. The molecule has 0 saturated heterocycles. The number of anilines is 1. The quantitative estimate of drug-likeness (QED) is 0.762. The van der Waals surface area contributed by atoms with Crippen LogP contribution in [0.2, 0.25) is 0 Å². The summed E-state index contributed by atoms with van der Waals surface area (Å²) in [5.41, 5.74) is 4.06. The maximum Gasteiger partial charge on any atom is 0.222 e. The van der Waals surface area contributed by atoms with Gasteiger partial charge in [-0.2, -0.15) is 0 Å². The SMILES string of the molecule is CNc1nccc(-c2ccc3c(c2)nc(C)n3C)n1. The molecule has 0 atom stereocenters. The smallest absolute Gasteiger partial charge is 0.222 e. The number of rotatable bonds is 2. The van der Waals surface area contributed by atoms with Crippen LogP contribution in [0.5, 0.6) is 0 Å². The van der Waals surface area contributed by atoms with Crippen LogP contribution in [0.1, 0.15) is 5.82 Å². The monoisotopic (exact) mass is 253 g/mol. The molecule has 96 valence electrons. The molecule has 0 radical (unpaired) electrons. The van der Waals surface area contributed by atoms with Gasteiger partial charge in [0.25, 0.3) is 0 Å². The largest absolute Gasteiger partial charge is 0.357 e. The van der Waals surface area contributed by atoms with Crippen LogP contribution in [0.15, 0.2) is 30.5 Å².